The molecule has 0 aromatic heterocycles. The first kappa shape index (κ1) is 21.3. The van der Waals surface area contributed by atoms with Gasteiger partial charge in [-0.05, 0) is 24.6 Å². The Bertz CT molecular complexity index is 433. The zero-order valence-corrected chi connectivity index (χ0v) is 16.5. The van der Waals surface area contributed by atoms with E-state index in [0.29, 0.717) is 12.3 Å². The first-order valence-electron chi connectivity index (χ1n) is 8.64. The molecule has 3 atom stereocenters. The summed E-state index contributed by atoms with van der Waals surface area (Å²) in [5, 5.41) is 18.7. The van der Waals surface area contributed by atoms with E-state index in [-0.39, 0.29) is 28.6 Å². The maximum absolute atomic E-state index is 12.7. The van der Waals surface area contributed by atoms with Gasteiger partial charge >= 0.3 is 7.05 Å². The fourth-order valence-electron chi connectivity index (χ4n) is 2.64. The van der Waals surface area contributed by atoms with Crippen molar-refractivity contribution in [2.24, 2.45) is 11.3 Å². The van der Waals surface area contributed by atoms with Crippen LogP contribution in [0.2, 0.25) is 6.82 Å². The Kier molecular flexibility index (Phi) is 8.09. The number of rotatable bonds is 9. The summed E-state index contributed by atoms with van der Waals surface area (Å²) in [7, 11) is -0.747. The van der Waals surface area contributed by atoms with Gasteiger partial charge in [-0.1, -0.05) is 34.6 Å². The molecule has 1 rings (SSSR count). The summed E-state index contributed by atoms with van der Waals surface area (Å²) in [6.07, 6.45) is 1.44. The molecule has 0 aliphatic carbocycles. The van der Waals surface area contributed by atoms with Gasteiger partial charge in [0.15, 0.2) is 0 Å². The molecule has 0 spiro atoms. The maximum Gasteiger partial charge on any atom is 0.374 e. The number of hydrogen-bond acceptors (Lipinski definition) is 5. The van der Waals surface area contributed by atoms with Crippen molar-refractivity contribution in [3.63, 3.8) is 0 Å². The fourth-order valence-corrected chi connectivity index (χ4v) is 3.81. The molecule has 6 nitrogen and oxygen atoms in total. The molecule has 1 unspecified atom stereocenters. The molecule has 8 heteroatoms. The van der Waals surface area contributed by atoms with E-state index in [1.54, 1.807) is 18.6 Å². The van der Waals surface area contributed by atoms with Crippen molar-refractivity contribution in [2.75, 3.05) is 5.75 Å². The van der Waals surface area contributed by atoms with Crippen LogP contribution in [-0.4, -0.2) is 47.1 Å². The summed E-state index contributed by atoms with van der Waals surface area (Å²) in [6.45, 7) is 11.8. The molecule has 1 fully saturated rings. The Morgan fingerprint density at radius 2 is 2.04 bits per heavy atom. The van der Waals surface area contributed by atoms with Crippen LogP contribution in [0.1, 0.15) is 47.5 Å². The molecule has 0 radical (unpaired) electrons. The summed E-state index contributed by atoms with van der Waals surface area (Å²) in [5.41, 5.74) is -0.307. The lowest BCUT2D eigenvalue weighted by Gasteiger charge is -2.34. The van der Waals surface area contributed by atoms with Crippen LogP contribution in [0.5, 0.6) is 0 Å². The molecule has 1 saturated heterocycles. The Balaban J connectivity index is 2.64. The van der Waals surface area contributed by atoms with Gasteiger partial charge in [-0.2, -0.15) is 0 Å². The van der Waals surface area contributed by atoms with Gasteiger partial charge in [-0.3, -0.25) is 9.59 Å². The minimum absolute atomic E-state index is 0.0423. The van der Waals surface area contributed by atoms with Crippen LogP contribution in [0.15, 0.2) is 0 Å². The van der Waals surface area contributed by atoms with Crippen molar-refractivity contribution >= 4 is 30.6 Å². The number of nitrogens with one attached hydrogen (secondary N) is 3. The second-order valence-electron chi connectivity index (χ2n) is 8.07. The molecule has 0 aromatic carbocycles. The molecule has 4 N–H and O–H groups in total. The number of carbonyl (C=O) groups excluding carboxylic acids is 2. The van der Waals surface area contributed by atoms with Crippen molar-refractivity contribution in [2.45, 2.75) is 71.7 Å². The molecule has 2 amide bonds. The van der Waals surface area contributed by atoms with Crippen LogP contribution in [0.3, 0.4) is 0 Å². The van der Waals surface area contributed by atoms with Gasteiger partial charge in [-0.25, -0.2) is 0 Å². The minimum Gasteiger partial charge on any atom is -0.437 e. The van der Waals surface area contributed by atoms with Gasteiger partial charge in [0.25, 0.3) is 0 Å². The van der Waals surface area contributed by atoms with E-state index in [0.717, 1.165) is 12.2 Å². The molecule has 0 aromatic rings. The third-order valence-electron chi connectivity index (χ3n) is 3.83. The highest BCUT2D eigenvalue weighted by Gasteiger charge is 2.34. The zero-order chi connectivity index (χ0) is 18.5. The van der Waals surface area contributed by atoms with E-state index in [1.165, 1.54) is 0 Å². The average Bonchev–Trinajstić information content (AvgIpc) is 2.37. The molecular formula is C16H32BN3O3S. The summed E-state index contributed by atoms with van der Waals surface area (Å²) in [4.78, 5) is 23.7. The fraction of sp³-hybridized carbons (Fsp3) is 0.875. The zero-order valence-electron chi connectivity index (χ0n) is 15.7. The monoisotopic (exact) mass is 357 g/mol. The predicted molar refractivity (Wildman–Crippen MR) is 101 cm³/mol. The van der Waals surface area contributed by atoms with E-state index in [4.69, 9.17) is 0 Å². The highest BCUT2D eigenvalue weighted by molar-refractivity contribution is 8.00. The highest BCUT2D eigenvalue weighted by Crippen LogP contribution is 2.23. The van der Waals surface area contributed by atoms with Gasteiger partial charge in [-0.15, -0.1) is 11.8 Å². The molecule has 0 bridgehead atoms. The van der Waals surface area contributed by atoms with E-state index >= 15 is 0 Å². The number of thioether (sulfide) groups is 1. The number of amides is 2. The molecule has 138 valence electrons. The van der Waals surface area contributed by atoms with Crippen LogP contribution >= 0.6 is 11.8 Å². The van der Waals surface area contributed by atoms with Crippen molar-refractivity contribution in [3.05, 3.63) is 0 Å². The topological polar surface area (TPSA) is 90.5 Å². The quantitative estimate of drug-likeness (QED) is 0.368. The molecular weight excluding hydrogens is 325 g/mol. The summed E-state index contributed by atoms with van der Waals surface area (Å²) in [6, 6.07) is -0.429. The van der Waals surface area contributed by atoms with Crippen molar-refractivity contribution in [1.82, 2.24) is 15.9 Å². The normalized spacial score (nSPS) is 20.2. The SMILES string of the molecule is CB(O)N[C@H](C(=O)N[C@H](CSC1CC(=O)N1)CC(C)C)C(C)(C)C. The van der Waals surface area contributed by atoms with Crippen LogP contribution in [0, 0.1) is 11.3 Å². The van der Waals surface area contributed by atoms with Crippen molar-refractivity contribution < 1.29 is 14.6 Å². The second-order valence-corrected chi connectivity index (χ2v) is 9.31. The predicted octanol–water partition coefficient (Wildman–Crippen LogP) is 1.21. The van der Waals surface area contributed by atoms with E-state index in [2.05, 4.69) is 29.7 Å². The number of β-lactam (4-membered cyclic amide) rings is 1. The first-order valence-corrected chi connectivity index (χ1v) is 9.69. The average molecular weight is 357 g/mol. The molecule has 0 saturated carbocycles. The van der Waals surface area contributed by atoms with Gasteiger partial charge in [0.2, 0.25) is 11.8 Å². The molecule has 24 heavy (non-hydrogen) atoms. The van der Waals surface area contributed by atoms with Gasteiger partial charge in [0.1, 0.15) is 0 Å². The highest BCUT2D eigenvalue weighted by atomic mass is 32.2. The van der Waals surface area contributed by atoms with Gasteiger partial charge < -0.3 is 20.9 Å². The van der Waals surface area contributed by atoms with E-state index < -0.39 is 13.1 Å². The van der Waals surface area contributed by atoms with Crippen molar-refractivity contribution in [3.8, 4) is 0 Å². The largest absolute Gasteiger partial charge is 0.437 e. The Morgan fingerprint density at radius 1 is 1.46 bits per heavy atom. The van der Waals surface area contributed by atoms with Gasteiger partial charge in [0, 0.05) is 11.8 Å². The lowest BCUT2D eigenvalue weighted by molar-refractivity contribution is -0.127. The first-order chi connectivity index (χ1) is 11.0. The molecule has 1 aliphatic heterocycles. The molecule has 1 aliphatic rings. The number of carbonyl (C=O) groups is 2. The van der Waals surface area contributed by atoms with E-state index in [9.17, 15) is 14.6 Å². The Hall–Kier alpha value is -0.725. The standard InChI is InChI=1S/C16H32BN3O3S/c1-10(2)7-11(9-24-13-8-12(21)19-13)18-15(22)14(16(3,4)5)20-17(6)23/h10-11,13-14,20,23H,7-9H2,1-6H3,(H,18,22)(H,19,21)/t11-,13?,14+/m0/s1. The smallest absolute Gasteiger partial charge is 0.374 e. The lowest BCUT2D eigenvalue weighted by atomic mass is 9.79. The summed E-state index contributed by atoms with van der Waals surface area (Å²) >= 11 is 1.68. The Labute approximate surface area is 150 Å². The third kappa shape index (κ3) is 7.44. The third-order valence-corrected chi connectivity index (χ3v) is 5.11. The van der Waals surface area contributed by atoms with E-state index in [1.807, 2.05) is 20.8 Å². The van der Waals surface area contributed by atoms with Crippen LogP contribution in [0.4, 0.5) is 0 Å². The van der Waals surface area contributed by atoms with Gasteiger partial charge in [0.05, 0.1) is 17.8 Å². The maximum atomic E-state index is 12.7. The lowest BCUT2D eigenvalue weighted by Crippen LogP contribution is -2.57. The minimum atomic E-state index is -0.747. The van der Waals surface area contributed by atoms with Crippen LogP contribution < -0.4 is 15.9 Å². The number of hydrogen-bond donors (Lipinski definition) is 4. The summed E-state index contributed by atoms with van der Waals surface area (Å²) < 4.78 is 0. The van der Waals surface area contributed by atoms with Crippen LogP contribution in [-0.2, 0) is 9.59 Å². The Morgan fingerprint density at radius 3 is 2.46 bits per heavy atom. The second kappa shape index (κ2) is 9.11. The summed E-state index contributed by atoms with van der Waals surface area (Å²) in [5.74, 6) is 1.23. The van der Waals surface area contributed by atoms with Crippen molar-refractivity contribution in [1.29, 1.82) is 0 Å². The van der Waals surface area contributed by atoms with Crippen LogP contribution in [0.25, 0.3) is 0 Å². The molecule has 1 heterocycles.